The largest absolute Gasteiger partial charge is 0.298 e. The monoisotopic (exact) mass is 302 g/mol. The molecule has 0 aromatic heterocycles. The van der Waals surface area contributed by atoms with Crippen LogP contribution < -0.4 is 0 Å². The van der Waals surface area contributed by atoms with E-state index in [4.69, 9.17) is 0 Å². The summed E-state index contributed by atoms with van der Waals surface area (Å²) in [6.07, 6.45) is 2.25. The number of thioether (sulfide) groups is 1. The molecule has 1 heterocycles. The van der Waals surface area contributed by atoms with Gasteiger partial charge in [-0.2, -0.15) is 11.8 Å². The zero-order valence-corrected chi connectivity index (χ0v) is 11.1. The van der Waals surface area contributed by atoms with Gasteiger partial charge in [0, 0.05) is 10.9 Å². The minimum absolute atomic E-state index is 0.0818. The first-order chi connectivity index (χ1) is 7.66. The number of Topliss-reactive ketones (excluding diaryl/α,β-unsaturated/α-hetero) is 1. The Hall–Kier alpha value is -0.350. The summed E-state index contributed by atoms with van der Waals surface area (Å²) < 4.78 is 14.3. The molecule has 0 spiro atoms. The molecule has 0 N–H and O–H groups in total. The van der Waals surface area contributed by atoms with Gasteiger partial charge in [0.05, 0.1) is 5.25 Å². The fraction of sp³-hybridized carbons (Fsp3) is 0.417. The maximum Gasteiger partial charge on any atom is 0.150 e. The summed E-state index contributed by atoms with van der Waals surface area (Å²) in [5.41, 5.74) is 0.492. The van der Waals surface area contributed by atoms with Crippen molar-refractivity contribution in [2.45, 2.75) is 24.5 Å². The average molecular weight is 303 g/mol. The van der Waals surface area contributed by atoms with Gasteiger partial charge in [-0.15, -0.1) is 0 Å². The number of hydrogen-bond donors (Lipinski definition) is 0. The van der Waals surface area contributed by atoms with Gasteiger partial charge in [-0.1, -0.05) is 15.9 Å². The van der Waals surface area contributed by atoms with Crippen LogP contribution in [0, 0.1) is 5.82 Å². The highest BCUT2D eigenvalue weighted by molar-refractivity contribution is 9.10. The Kier molecular flexibility index (Phi) is 4.03. The second-order valence-electron chi connectivity index (χ2n) is 3.88. The molecule has 16 heavy (non-hydrogen) atoms. The zero-order chi connectivity index (χ0) is 11.5. The van der Waals surface area contributed by atoms with Gasteiger partial charge in [-0.3, -0.25) is 4.79 Å². The molecule has 1 saturated heterocycles. The Balaban J connectivity index is 2.07. The topological polar surface area (TPSA) is 17.1 Å². The molecule has 4 heteroatoms. The van der Waals surface area contributed by atoms with Gasteiger partial charge in [0.15, 0.2) is 0 Å². The lowest BCUT2D eigenvalue weighted by molar-refractivity contribution is -0.118. The van der Waals surface area contributed by atoms with E-state index in [2.05, 4.69) is 15.9 Å². The van der Waals surface area contributed by atoms with E-state index in [1.807, 2.05) is 0 Å². The third kappa shape index (κ3) is 2.86. The predicted molar refractivity (Wildman–Crippen MR) is 68.3 cm³/mol. The van der Waals surface area contributed by atoms with E-state index >= 15 is 0 Å². The molecular formula is C12H12BrFOS. The molecule has 1 aromatic carbocycles. The van der Waals surface area contributed by atoms with E-state index in [1.165, 1.54) is 6.07 Å². The first-order valence-electron chi connectivity index (χ1n) is 5.25. The van der Waals surface area contributed by atoms with Gasteiger partial charge in [0.1, 0.15) is 11.6 Å². The fourth-order valence-electron chi connectivity index (χ4n) is 1.81. The Morgan fingerprint density at radius 1 is 1.56 bits per heavy atom. The summed E-state index contributed by atoms with van der Waals surface area (Å²) in [5.74, 6) is 0.913. The minimum atomic E-state index is -0.292. The lowest BCUT2D eigenvalue weighted by Crippen LogP contribution is -2.17. The molecule has 1 aliphatic rings. The number of carbonyl (C=O) groups is 1. The number of benzene rings is 1. The molecule has 1 atom stereocenters. The van der Waals surface area contributed by atoms with Crippen molar-refractivity contribution in [1.82, 2.24) is 0 Å². The molecule has 1 aliphatic heterocycles. The van der Waals surface area contributed by atoms with Crippen LogP contribution in [0.1, 0.15) is 18.4 Å². The highest BCUT2D eigenvalue weighted by atomic mass is 79.9. The van der Waals surface area contributed by atoms with Crippen LogP contribution in [0.15, 0.2) is 22.7 Å². The van der Waals surface area contributed by atoms with Gasteiger partial charge < -0.3 is 0 Å². The van der Waals surface area contributed by atoms with E-state index in [0.29, 0.717) is 5.56 Å². The molecule has 2 rings (SSSR count). The van der Waals surface area contributed by atoms with Crippen LogP contribution in [0.3, 0.4) is 0 Å². The summed E-state index contributed by atoms with van der Waals surface area (Å²) in [6, 6.07) is 4.73. The van der Waals surface area contributed by atoms with Crippen molar-refractivity contribution in [2.75, 3.05) is 5.75 Å². The number of halogens is 2. The van der Waals surface area contributed by atoms with E-state index in [-0.39, 0.29) is 23.3 Å². The van der Waals surface area contributed by atoms with Crippen molar-refractivity contribution in [2.24, 2.45) is 0 Å². The highest BCUT2D eigenvalue weighted by Gasteiger charge is 2.23. The summed E-state index contributed by atoms with van der Waals surface area (Å²) in [4.78, 5) is 11.9. The first kappa shape index (κ1) is 12.1. The van der Waals surface area contributed by atoms with Crippen molar-refractivity contribution in [1.29, 1.82) is 0 Å². The van der Waals surface area contributed by atoms with Crippen LogP contribution in [0.5, 0.6) is 0 Å². The van der Waals surface area contributed by atoms with Crippen LogP contribution in [-0.4, -0.2) is 16.8 Å². The lowest BCUT2D eigenvalue weighted by Gasteiger charge is -2.08. The van der Waals surface area contributed by atoms with Crippen molar-refractivity contribution < 1.29 is 9.18 Å². The number of rotatable bonds is 3. The number of hydrogen-bond acceptors (Lipinski definition) is 2. The normalized spacial score (nSPS) is 20.0. The highest BCUT2D eigenvalue weighted by Crippen LogP contribution is 2.28. The zero-order valence-electron chi connectivity index (χ0n) is 8.71. The molecule has 1 nitrogen and oxygen atoms in total. The van der Waals surface area contributed by atoms with Gasteiger partial charge in [0.2, 0.25) is 0 Å². The molecule has 0 bridgehead atoms. The van der Waals surface area contributed by atoms with E-state index in [9.17, 15) is 9.18 Å². The van der Waals surface area contributed by atoms with Gasteiger partial charge in [-0.05, 0) is 42.4 Å². The van der Waals surface area contributed by atoms with Crippen LogP contribution >= 0.6 is 27.7 Å². The predicted octanol–water partition coefficient (Wildman–Crippen LogP) is 3.60. The summed E-state index contributed by atoms with van der Waals surface area (Å²) in [5, 5.41) is 0.0818. The Labute approximate surface area is 107 Å². The Bertz CT molecular complexity index is 402. The molecule has 1 unspecified atom stereocenters. The molecule has 86 valence electrons. The second kappa shape index (κ2) is 5.32. The average Bonchev–Trinajstić information content (AvgIpc) is 2.76. The van der Waals surface area contributed by atoms with E-state index < -0.39 is 0 Å². The van der Waals surface area contributed by atoms with E-state index in [1.54, 1.807) is 23.9 Å². The second-order valence-corrected chi connectivity index (χ2v) is 6.11. The van der Waals surface area contributed by atoms with Crippen molar-refractivity contribution >= 4 is 33.5 Å². The smallest absolute Gasteiger partial charge is 0.150 e. The van der Waals surface area contributed by atoms with Gasteiger partial charge >= 0.3 is 0 Å². The fourth-order valence-corrected chi connectivity index (χ4v) is 3.44. The lowest BCUT2D eigenvalue weighted by atomic mass is 10.0. The maximum atomic E-state index is 13.4. The van der Waals surface area contributed by atoms with Crippen LogP contribution in [-0.2, 0) is 11.2 Å². The summed E-state index contributed by atoms with van der Waals surface area (Å²) in [6.45, 7) is 0. The van der Waals surface area contributed by atoms with Gasteiger partial charge in [0.25, 0.3) is 0 Å². The minimum Gasteiger partial charge on any atom is -0.298 e. The van der Waals surface area contributed by atoms with Crippen LogP contribution in [0.25, 0.3) is 0 Å². The summed E-state index contributed by atoms with van der Waals surface area (Å²) >= 11 is 4.98. The number of carbonyl (C=O) groups excluding carboxylic acids is 1. The molecular weight excluding hydrogens is 291 g/mol. The van der Waals surface area contributed by atoms with Gasteiger partial charge in [-0.25, -0.2) is 4.39 Å². The molecule has 0 aliphatic carbocycles. The maximum absolute atomic E-state index is 13.4. The molecule has 0 radical (unpaired) electrons. The quantitative estimate of drug-likeness (QED) is 0.849. The molecule has 1 aromatic rings. The number of ketones is 1. The Morgan fingerprint density at radius 3 is 3.06 bits per heavy atom. The third-order valence-corrected chi connectivity index (χ3v) is 4.58. The standard InChI is InChI=1S/C12H12BrFOS/c13-9-3-4-10(14)8(6-9)7-11(15)12-2-1-5-16-12/h3-4,6,12H,1-2,5,7H2. The Morgan fingerprint density at radius 2 is 2.38 bits per heavy atom. The SMILES string of the molecule is O=C(Cc1cc(Br)ccc1F)C1CCCS1. The van der Waals surface area contributed by atoms with Crippen molar-refractivity contribution in [3.05, 3.63) is 34.1 Å². The van der Waals surface area contributed by atoms with Crippen LogP contribution in [0.2, 0.25) is 0 Å². The third-order valence-electron chi connectivity index (χ3n) is 2.66. The molecule has 0 amide bonds. The van der Waals surface area contributed by atoms with Crippen molar-refractivity contribution in [3.8, 4) is 0 Å². The molecule has 1 fully saturated rings. The molecule has 0 saturated carbocycles. The first-order valence-corrected chi connectivity index (χ1v) is 7.09. The van der Waals surface area contributed by atoms with Crippen molar-refractivity contribution in [3.63, 3.8) is 0 Å². The van der Waals surface area contributed by atoms with E-state index in [0.717, 1.165) is 23.1 Å². The summed E-state index contributed by atoms with van der Waals surface area (Å²) in [7, 11) is 0. The van der Waals surface area contributed by atoms with Crippen LogP contribution in [0.4, 0.5) is 4.39 Å².